The smallest absolute Gasteiger partial charge is 0.310 e. The van der Waals surface area contributed by atoms with Gasteiger partial charge in [-0.25, -0.2) is 0 Å². The van der Waals surface area contributed by atoms with E-state index in [9.17, 15) is 14.4 Å². The molecule has 1 aliphatic heterocycles. The number of rotatable bonds is 4. The summed E-state index contributed by atoms with van der Waals surface area (Å²) in [5.74, 6) is -1.37. The van der Waals surface area contributed by atoms with Crippen LogP contribution in [0.1, 0.15) is 26.2 Å². The second kappa shape index (κ2) is 5.65. The van der Waals surface area contributed by atoms with Crippen molar-refractivity contribution in [3.8, 4) is 0 Å². The van der Waals surface area contributed by atoms with Gasteiger partial charge in [-0.3, -0.25) is 14.4 Å². The van der Waals surface area contributed by atoms with Gasteiger partial charge in [0.25, 0.3) is 0 Å². The number of ether oxygens (including phenoxy) is 1. The average Bonchev–Trinajstić information content (AvgIpc) is 2.31. The van der Waals surface area contributed by atoms with Crippen molar-refractivity contribution < 1.29 is 19.1 Å². The standard InChI is InChI=1S/C11H18N2O4/c1-3-8(10(12)15)13-6-7(11(16)17-2)4-5-9(13)14/h7-8H,3-6H2,1-2H3,(H2,12,15)/t7-,8-/m0/s1. The van der Waals surface area contributed by atoms with Crippen molar-refractivity contribution in [2.45, 2.75) is 32.2 Å². The summed E-state index contributed by atoms with van der Waals surface area (Å²) in [6.45, 7) is 2.00. The first-order valence-corrected chi connectivity index (χ1v) is 5.67. The Morgan fingerprint density at radius 3 is 2.71 bits per heavy atom. The lowest BCUT2D eigenvalue weighted by Gasteiger charge is -2.35. The van der Waals surface area contributed by atoms with Crippen LogP contribution in [0.15, 0.2) is 0 Å². The highest BCUT2D eigenvalue weighted by Crippen LogP contribution is 2.21. The van der Waals surface area contributed by atoms with Crippen molar-refractivity contribution in [1.29, 1.82) is 0 Å². The zero-order valence-electron chi connectivity index (χ0n) is 10.1. The number of carbonyl (C=O) groups is 3. The third-order valence-electron chi connectivity index (χ3n) is 3.07. The molecule has 96 valence electrons. The lowest BCUT2D eigenvalue weighted by molar-refractivity contribution is -0.153. The number of piperidine rings is 1. The van der Waals surface area contributed by atoms with Crippen LogP contribution < -0.4 is 5.73 Å². The number of hydrogen-bond donors (Lipinski definition) is 1. The number of nitrogens with zero attached hydrogens (tertiary/aromatic N) is 1. The number of amides is 2. The quantitative estimate of drug-likeness (QED) is 0.683. The fourth-order valence-corrected chi connectivity index (χ4v) is 2.11. The van der Waals surface area contributed by atoms with Crippen LogP contribution in [0.3, 0.4) is 0 Å². The summed E-state index contributed by atoms with van der Waals surface area (Å²) in [6, 6.07) is -0.630. The van der Waals surface area contributed by atoms with Crippen molar-refractivity contribution in [2.24, 2.45) is 11.7 Å². The summed E-state index contributed by atoms with van der Waals surface area (Å²) in [7, 11) is 1.31. The molecule has 6 heteroatoms. The number of primary amides is 1. The number of likely N-dealkylation sites (tertiary alicyclic amines) is 1. The molecule has 2 atom stereocenters. The number of methoxy groups -OCH3 is 1. The fraction of sp³-hybridized carbons (Fsp3) is 0.727. The molecule has 1 aliphatic rings. The molecule has 2 N–H and O–H groups in total. The topological polar surface area (TPSA) is 89.7 Å². The molecule has 0 aromatic rings. The van der Waals surface area contributed by atoms with Gasteiger partial charge in [-0.05, 0) is 12.8 Å². The van der Waals surface area contributed by atoms with E-state index in [1.807, 2.05) is 0 Å². The van der Waals surface area contributed by atoms with Gasteiger partial charge in [-0.1, -0.05) is 6.92 Å². The Morgan fingerprint density at radius 1 is 1.59 bits per heavy atom. The Labute approximate surface area is 100 Å². The minimum Gasteiger partial charge on any atom is -0.469 e. The highest BCUT2D eigenvalue weighted by atomic mass is 16.5. The Hall–Kier alpha value is -1.59. The van der Waals surface area contributed by atoms with Gasteiger partial charge in [0.15, 0.2) is 0 Å². The van der Waals surface area contributed by atoms with E-state index in [1.54, 1.807) is 6.92 Å². The molecule has 0 bridgehead atoms. The Balaban J connectivity index is 2.78. The SMILES string of the molecule is CC[C@@H](C(N)=O)N1C[C@@H](C(=O)OC)CCC1=O. The molecule has 1 saturated heterocycles. The van der Waals surface area contributed by atoms with Gasteiger partial charge in [0.2, 0.25) is 11.8 Å². The zero-order chi connectivity index (χ0) is 13.0. The van der Waals surface area contributed by atoms with Crippen molar-refractivity contribution >= 4 is 17.8 Å². The van der Waals surface area contributed by atoms with Crippen LogP contribution in [0.5, 0.6) is 0 Å². The molecule has 0 aromatic carbocycles. The van der Waals surface area contributed by atoms with E-state index in [2.05, 4.69) is 4.74 Å². The van der Waals surface area contributed by atoms with Crippen LogP contribution in [0.2, 0.25) is 0 Å². The first-order valence-electron chi connectivity index (χ1n) is 5.67. The van der Waals surface area contributed by atoms with Gasteiger partial charge < -0.3 is 15.4 Å². The summed E-state index contributed by atoms with van der Waals surface area (Å²) in [5, 5.41) is 0. The molecule has 1 heterocycles. The van der Waals surface area contributed by atoms with E-state index in [-0.39, 0.29) is 30.8 Å². The molecule has 0 unspecified atom stereocenters. The predicted octanol–water partition coefficient (Wildman–Crippen LogP) is -0.338. The first kappa shape index (κ1) is 13.5. The maximum atomic E-state index is 11.7. The molecule has 0 radical (unpaired) electrons. The van der Waals surface area contributed by atoms with Crippen LogP contribution >= 0.6 is 0 Å². The molecule has 1 fully saturated rings. The molecule has 0 spiro atoms. The van der Waals surface area contributed by atoms with Gasteiger partial charge in [0.05, 0.1) is 13.0 Å². The number of carbonyl (C=O) groups excluding carboxylic acids is 3. The van der Waals surface area contributed by atoms with Crippen LogP contribution in [0, 0.1) is 5.92 Å². The van der Waals surface area contributed by atoms with Crippen molar-refractivity contribution in [3.05, 3.63) is 0 Å². The van der Waals surface area contributed by atoms with Gasteiger partial charge in [0, 0.05) is 13.0 Å². The van der Waals surface area contributed by atoms with E-state index in [4.69, 9.17) is 5.73 Å². The monoisotopic (exact) mass is 242 g/mol. The minimum absolute atomic E-state index is 0.129. The summed E-state index contributed by atoms with van der Waals surface area (Å²) >= 11 is 0. The van der Waals surface area contributed by atoms with E-state index < -0.39 is 11.9 Å². The Kier molecular flexibility index (Phi) is 4.48. The fourth-order valence-electron chi connectivity index (χ4n) is 2.11. The molecular weight excluding hydrogens is 224 g/mol. The summed E-state index contributed by atoms with van der Waals surface area (Å²) in [6.07, 6.45) is 1.18. The maximum absolute atomic E-state index is 11.7. The predicted molar refractivity (Wildman–Crippen MR) is 59.7 cm³/mol. The van der Waals surface area contributed by atoms with Crippen molar-refractivity contribution in [3.63, 3.8) is 0 Å². The molecule has 6 nitrogen and oxygen atoms in total. The van der Waals surface area contributed by atoms with E-state index in [1.165, 1.54) is 12.0 Å². The second-order valence-electron chi connectivity index (χ2n) is 4.13. The van der Waals surface area contributed by atoms with Crippen molar-refractivity contribution in [1.82, 2.24) is 4.90 Å². The lowest BCUT2D eigenvalue weighted by atomic mass is 9.95. The lowest BCUT2D eigenvalue weighted by Crippen LogP contribution is -2.52. The van der Waals surface area contributed by atoms with Crippen LogP contribution in [-0.2, 0) is 19.1 Å². The molecule has 2 amide bonds. The number of esters is 1. The van der Waals surface area contributed by atoms with Crippen LogP contribution in [-0.4, -0.2) is 42.4 Å². The number of nitrogens with two attached hydrogens (primary N) is 1. The molecule has 17 heavy (non-hydrogen) atoms. The minimum atomic E-state index is -0.630. The second-order valence-corrected chi connectivity index (χ2v) is 4.13. The normalized spacial score (nSPS) is 22.1. The third-order valence-corrected chi connectivity index (χ3v) is 3.07. The maximum Gasteiger partial charge on any atom is 0.310 e. The first-order chi connectivity index (χ1) is 8.01. The largest absolute Gasteiger partial charge is 0.469 e. The van der Waals surface area contributed by atoms with Gasteiger partial charge in [-0.2, -0.15) is 0 Å². The summed E-state index contributed by atoms with van der Waals surface area (Å²) < 4.78 is 4.65. The summed E-state index contributed by atoms with van der Waals surface area (Å²) in [4.78, 5) is 35.8. The van der Waals surface area contributed by atoms with Gasteiger partial charge in [0.1, 0.15) is 6.04 Å². The third kappa shape index (κ3) is 2.95. The number of hydrogen-bond acceptors (Lipinski definition) is 4. The average molecular weight is 242 g/mol. The van der Waals surface area contributed by atoms with Crippen molar-refractivity contribution in [2.75, 3.05) is 13.7 Å². The van der Waals surface area contributed by atoms with E-state index >= 15 is 0 Å². The molecule has 0 saturated carbocycles. The Bertz CT molecular complexity index is 329. The summed E-state index contributed by atoms with van der Waals surface area (Å²) in [5.41, 5.74) is 5.25. The van der Waals surface area contributed by atoms with E-state index in [0.717, 1.165) is 0 Å². The Morgan fingerprint density at radius 2 is 2.24 bits per heavy atom. The molecular formula is C11H18N2O4. The van der Waals surface area contributed by atoms with Crippen LogP contribution in [0.25, 0.3) is 0 Å². The zero-order valence-corrected chi connectivity index (χ0v) is 10.1. The highest BCUT2D eigenvalue weighted by Gasteiger charge is 2.35. The van der Waals surface area contributed by atoms with Crippen LogP contribution in [0.4, 0.5) is 0 Å². The van der Waals surface area contributed by atoms with E-state index in [0.29, 0.717) is 12.8 Å². The molecule has 0 aliphatic carbocycles. The van der Waals surface area contributed by atoms with Gasteiger partial charge >= 0.3 is 5.97 Å². The molecule has 1 rings (SSSR count). The van der Waals surface area contributed by atoms with Gasteiger partial charge in [-0.15, -0.1) is 0 Å². The molecule has 0 aromatic heterocycles. The highest BCUT2D eigenvalue weighted by molar-refractivity contribution is 5.88.